The Kier molecular flexibility index (Phi) is 8.70. The highest BCUT2D eigenvalue weighted by Gasteiger charge is 2.34. The Hall–Kier alpha value is -2.89. The summed E-state index contributed by atoms with van der Waals surface area (Å²) in [5.41, 5.74) is 3.59. The maximum Gasteiger partial charge on any atom is 0.309 e. The number of pyridine rings is 1. The number of nitrogens with zero attached hydrogens (tertiary/aromatic N) is 1. The Balaban J connectivity index is 1.73. The van der Waals surface area contributed by atoms with Crippen molar-refractivity contribution in [1.29, 1.82) is 0 Å². The first-order valence-corrected chi connectivity index (χ1v) is 12.3. The van der Waals surface area contributed by atoms with E-state index in [1.807, 2.05) is 6.92 Å². The fraction of sp³-hybridized carbons (Fsp3) is 0.536. The molecule has 2 aromatic rings. The molecule has 6 heteroatoms. The average molecular weight is 468 g/mol. The van der Waals surface area contributed by atoms with Gasteiger partial charge in [-0.3, -0.25) is 9.59 Å². The molecular weight excluding hydrogens is 430 g/mol. The molecule has 0 radical (unpaired) electrons. The molecule has 1 fully saturated rings. The molecule has 1 N–H and O–H groups in total. The van der Waals surface area contributed by atoms with Gasteiger partial charge in [0, 0.05) is 24.6 Å². The van der Waals surface area contributed by atoms with E-state index in [1.54, 1.807) is 6.92 Å². The van der Waals surface area contributed by atoms with Crippen molar-refractivity contribution in [3.63, 3.8) is 0 Å². The van der Waals surface area contributed by atoms with Gasteiger partial charge in [0.15, 0.2) is 23.0 Å². The van der Waals surface area contributed by atoms with E-state index in [9.17, 15) is 14.7 Å². The van der Waals surface area contributed by atoms with Crippen molar-refractivity contribution in [2.45, 2.75) is 78.2 Å². The molecule has 1 saturated carbocycles. The van der Waals surface area contributed by atoms with Gasteiger partial charge in [0.1, 0.15) is 6.10 Å². The molecule has 1 aromatic carbocycles. The topological polar surface area (TPSA) is 85.7 Å². The predicted molar refractivity (Wildman–Crippen MR) is 131 cm³/mol. The SMILES string of the molecule is COc1ccnc(C(=O)C[C@@H](C)C(=O)O[C@@H](C)[C@@H](c2ccc(C)cc2C)C2CCCCC2)c1O. The number of benzene rings is 1. The fourth-order valence-corrected chi connectivity index (χ4v) is 5.22. The summed E-state index contributed by atoms with van der Waals surface area (Å²) in [7, 11) is 1.41. The van der Waals surface area contributed by atoms with E-state index in [4.69, 9.17) is 9.47 Å². The number of rotatable bonds is 9. The zero-order valence-corrected chi connectivity index (χ0v) is 21.0. The lowest BCUT2D eigenvalue weighted by Gasteiger charge is -2.35. The monoisotopic (exact) mass is 467 g/mol. The number of esters is 1. The van der Waals surface area contributed by atoms with Crippen molar-refractivity contribution in [1.82, 2.24) is 4.98 Å². The van der Waals surface area contributed by atoms with Crippen LogP contribution in [-0.4, -0.2) is 35.1 Å². The van der Waals surface area contributed by atoms with Gasteiger partial charge in [-0.1, -0.05) is 49.9 Å². The van der Waals surface area contributed by atoms with E-state index >= 15 is 0 Å². The number of ether oxygens (including phenoxy) is 2. The fourth-order valence-electron chi connectivity index (χ4n) is 5.22. The van der Waals surface area contributed by atoms with Gasteiger partial charge in [0.05, 0.1) is 13.0 Å². The molecule has 0 spiro atoms. The van der Waals surface area contributed by atoms with Crippen LogP contribution in [0.1, 0.15) is 85.5 Å². The first-order chi connectivity index (χ1) is 16.2. The molecule has 34 heavy (non-hydrogen) atoms. The third-order valence-electron chi connectivity index (χ3n) is 7.02. The van der Waals surface area contributed by atoms with Crippen LogP contribution in [0.2, 0.25) is 0 Å². The van der Waals surface area contributed by atoms with E-state index in [0.717, 1.165) is 12.8 Å². The second-order valence-corrected chi connectivity index (χ2v) is 9.66. The number of hydrogen-bond donors (Lipinski definition) is 1. The summed E-state index contributed by atoms with van der Waals surface area (Å²) >= 11 is 0. The van der Waals surface area contributed by atoms with E-state index in [0.29, 0.717) is 5.92 Å². The van der Waals surface area contributed by atoms with E-state index in [-0.39, 0.29) is 35.6 Å². The van der Waals surface area contributed by atoms with Crippen LogP contribution >= 0.6 is 0 Å². The Morgan fingerprint density at radius 1 is 1.12 bits per heavy atom. The first-order valence-electron chi connectivity index (χ1n) is 12.3. The number of aromatic nitrogens is 1. The van der Waals surface area contributed by atoms with E-state index in [2.05, 4.69) is 37.0 Å². The Morgan fingerprint density at radius 2 is 1.82 bits per heavy atom. The van der Waals surface area contributed by atoms with E-state index in [1.165, 1.54) is 55.3 Å². The number of carbonyl (C=O) groups is 2. The first kappa shape index (κ1) is 25.7. The highest BCUT2D eigenvalue weighted by molar-refractivity contribution is 5.99. The zero-order valence-electron chi connectivity index (χ0n) is 21.0. The summed E-state index contributed by atoms with van der Waals surface area (Å²) in [5, 5.41) is 10.2. The molecule has 0 bridgehead atoms. The van der Waals surface area contributed by atoms with Crippen molar-refractivity contribution in [3.8, 4) is 11.5 Å². The van der Waals surface area contributed by atoms with Gasteiger partial charge < -0.3 is 14.6 Å². The van der Waals surface area contributed by atoms with Crippen LogP contribution in [0.5, 0.6) is 11.5 Å². The summed E-state index contributed by atoms with van der Waals surface area (Å²) in [6.07, 6.45) is 6.92. The summed E-state index contributed by atoms with van der Waals surface area (Å²) in [6, 6.07) is 7.97. The second kappa shape index (κ2) is 11.5. The van der Waals surface area contributed by atoms with Crippen molar-refractivity contribution in [3.05, 3.63) is 52.8 Å². The number of aryl methyl sites for hydroxylation is 2. The molecule has 184 valence electrons. The highest BCUT2D eigenvalue weighted by atomic mass is 16.5. The molecule has 1 aliphatic rings. The molecule has 0 aliphatic heterocycles. The molecule has 3 rings (SSSR count). The zero-order chi connectivity index (χ0) is 24.8. The van der Waals surface area contributed by atoms with Crippen molar-refractivity contribution < 1.29 is 24.2 Å². The Morgan fingerprint density at radius 3 is 2.47 bits per heavy atom. The van der Waals surface area contributed by atoms with Gasteiger partial charge in [-0.2, -0.15) is 0 Å². The highest BCUT2D eigenvalue weighted by Crippen LogP contribution is 2.41. The third-order valence-corrected chi connectivity index (χ3v) is 7.02. The second-order valence-electron chi connectivity index (χ2n) is 9.66. The third kappa shape index (κ3) is 5.96. The molecule has 1 heterocycles. The van der Waals surface area contributed by atoms with Crippen LogP contribution in [0.15, 0.2) is 30.5 Å². The minimum atomic E-state index is -0.659. The number of Topliss-reactive ketones (excluding diaryl/α,β-unsaturated/α-hetero) is 1. The van der Waals surface area contributed by atoms with Gasteiger partial charge in [-0.25, -0.2) is 4.98 Å². The van der Waals surface area contributed by atoms with Crippen LogP contribution in [-0.2, 0) is 9.53 Å². The molecule has 0 saturated heterocycles. The van der Waals surface area contributed by atoms with Crippen LogP contribution in [0.25, 0.3) is 0 Å². The van der Waals surface area contributed by atoms with Crippen molar-refractivity contribution >= 4 is 11.8 Å². The largest absolute Gasteiger partial charge is 0.503 e. The quantitative estimate of drug-likeness (QED) is 0.364. The lowest BCUT2D eigenvalue weighted by Crippen LogP contribution is -2.32. The van der Waals surface area contributed by atoms with Gasteiger partial charge in [0.2, 0.25) is 0 Å². The summed E-state index contributed by atoms with van der Waals surface area (Å²) in [4.78, 5) is 29.7. The normalized spacial score (nSPS) is 17.0. The van der Waals surface area contributed by atoms with Gasteiger partial charge in [-0.15, -0.1) is 0 Å². The number of aromatic hydroxyl groups is 1. The maximum atomic E-state index is 13.0. The summed E-state index contributed by atoms with van der Waals surface area (Å²) < 4.78 is 11.0. The smallest absolute Gasteiger partial charge is 0.309 e. The number of hydrogen-bond acceptors (Lipinski definition) is 6. The van der Waals surface area contributed by atoms with Gasteiger partial charge in [0.25, 0.3) is 0 Å². The van der Waals surface area contributed by atoms with Crippen molar-refractivity contribution in [2.24, 2.45) is 11.8 Å². The molecule has 1 aliphatic carbocycles. The molecular formula is C28H37NO5. The lowest BCUT2D eigenvalue weighted by atomic mass is 9.73. The predicted octanol–water partition coefficient (Wildman–Crippen LogP) is 5.92. The molecule has 6 nitrogen and oxygen atoms in total. The molecule has 1 aromatic heterocycles. The molecule has 0 amide bonds. The standard InChI is InChI=1S/C28H37NO5/c1-17-11-12-22(18(2)15-17)25(21-9-7-6-8-10-21)20(4)34-28(32)19(3)16-23(30)26-27(31)24(33-5)13-14-29-26/h11-15,19-21,25,31H,6-10,16H2,1-5H3/t19-,20+,25-/m1/s1. The molecule has 0 unspecified atom stereocenters. The Bertz CT molecular complexity index is 1010. The van der Waals surface area contributed by atoms with E-state index < -0.39 is 17.7 Å². The summed E-state index contributed by atoms with van der Waals surface area (Å²) in [5.74, 6) is -1.04. The maximum absolute atomic E-state index is 13.0. The average Bonchev–Trinajstić information content (AvgIpc) is 2.81. The van der Waals surface area contributed by atoms with Gasteiger partial charge >= 0.3 is 5.97 Å². The van der Waals surface area contributed by atoms with Crippen LogP contribution < -0.4 is 4.74 Å². The number of methoxy groups -OCH3 is 1. The lowest BCUT2D eigenvalue weighted by molar-refractivity contribution is -0.154. The molecule has 3 atom stereocenters. The van der Waals surface area contributed by atoms with Gasteiger partial charge in [-0.05, 0) is 50.7 Å². The van der Waals surface area contributed by atoms with Crippen LogP contribution in [0, 0.1) is 25.7 Å². The minimum absolute atomic E-state index is 0.0950. The number of ketones is 1. The van der Waals surface area contributed by atoms with Crippen LogP contribution in [0.4, 0.5) is 0 Å². The minimum Gasteiger partial charge on any atom is -0.503 e. The van der Waals surface area contributed by atoms with Crippen molar-refractivity contribution in [2.75, 3.05) is 7.11 Å². The van der Waals surface area contributed by atoms with Crippen LogP contribution in [0.3, 0.4) is 0 Å². The number of carbonyl (C=O) groups excluding carboxylic acids is 2. The Labute approximate surface area is 202 Å². The summed E-state index contributed by atoms with van der Waals surface area (Å²) in [6.45, 7) is 7.86.